The largest absolute Gasteiger partial charge is 0.344 e. The first-order chi connectivity index (χ1) is 22.8. The van der Waals surface area contributed by atoms with Crippen LogP contribution in [0.1, 0.15) is 56.6 Å². The van der Waals surface area contributed by atoms with Crippen molar-refractivity contribution in [2.24, 2.45) is 18.9 Å². The van der Waals surface area contributed by atoms with Crippen LogP contribution in [-0.2, 0) is 39.2 Å². The molecule has 0 bridgehead atoms. The number of benzene rings is 2. The molecule has 2 heterocycles. The summed E-state index contributed by atoms with van der Waals surface area (Å²) in [7, 11) is 1.74. The van der Waals surface area contributed by atoms with E-state index in [0.717, 1.165) is 57.3 Å². The normalized spacial score (nSPS) is 17.0. The van der Waals surface area contributed by atoms with Crippen LogP contribution in [0.3, 0.4) is 0 Å². The summed E-state index contributed by atoms with van der Waals surface area (Å²) in [5, 5.41) is 12.9. The van der Waals surface area contributed by atoms with E-state index in [1.807, 2.05) is 35.2 Å². The molecule has 4 amide bonds. The Labute approximate surface area is 277 Å². The van der Waals surface area contributed by atoms with Gasteiger partial charge in [-0.1, -0.05) is 68.7 Å². The Hall–Kier alpha value is -4.51. The van der Waals surface area contributed by atoms with Crippen LogP contribution in [0.25, 0.3) is 0 Å². The minimum absolute atomic E-state index is 0.0367. The topological polar surface area (TPSA) is 129 Å². The Morgan fingerprint density at radius 3 is 2.15 bits per heavy atom. The number of nitrogens with zero attached hydrogens (tertiary/aromatic N) is 4. The van der Waals surface area contributed by atoms with Crippen molar-refractivity contribution in [3.63, 3.8) is 0 Å². The van der Waals surface area contributed by atoms with Gasteiger partial charge in [0.1, 0.15) is 17.8 Å². The van der Waals surface area contributed by atoms with Crippen molar-refractivity contribution in [3.05, 3.63) is 78.0 Å². The van der Waals surface area contributed by atoms with Crippen LogP contribution in [0.4, 0.5) is 11.5 Å². The number of amides is 4. The molecule has 3 aromatic rings. The summed E-state index contributed by atoms with van der Waals surface area (Å²) >= 11 is 0. The number of nitrogens with one attached hydrogen (secondary N) is 3. The van der Waals surface area contributed by atoms with Gasteiger partial charge < -0.3 is 20.9 Å². The zero-order valence-corrected chi connectivity index (χ0v) is 27.5. The van der Waals surface area contributed by atoms with Crippen molar-refractivity contribution in [2.45, 2.75) is 64.5 Å². The maximum Gasteiger partial charge on any atom is 0.245 e. The van der Waals surface area contributed by atoms with Gasteiger partial charge in [-0.2, -0.15) is 5.10 Å². The number of piperazine rings is 1. The lowest BCUT2D eigenvalue weighted by Gasteiger charge is -2.36. The first-order valence-electron chi connectivity index (χ1n) is 16.8. The highest BCUT2D eigenvalue weighted by molar-refractivity contribution is 6.10. The predicted molar refractivity (Wildman–Crippen MR) is 181 cm³/mol. The van der Waals surface area contributed by atoms with E-state index in [1.165, 1.54) is 5.56 Å². The lowest BCUT2D eigenvalue weighted by Crippen LogP contribution is -2.55. The molecule has 250 valence electrons. The van der Waals surface area contributed by atoms with Crippen molar-refractivity contribution in [3.8, 4) is 0 Å². The maximum absolute atomic E-state index is 13.6. The van der Waals surface area contributed by atoms with Gasteiger partial charge in [0.05, 0.1) is 6.20 Å². The Kier molecular flexibility index (Phi) is 11.8. The molecular weight excluding hydrogens is 594 g/mol. The summed E-state index contributed by atoms with van der Waals surface area (Å²) in [6.07, 6.45) is 7.00. The van der Waals surface area contributed by atoms with Crippen LogP contribution in [0.15, 0.2) is 66.9 Å². The van der Waals surface area contributed by atoms with Gasteiger partial charge in [0.15, 0.2) is 0 Å². The molecule has 1 aromatic heterocycles. The van der Waals surface area contributed by atoms with Gasteiger partial charge in [-0.3, -0.25) is 28.8 Å². The van der Waals surface area contributed by atoms with Crippen molar-refractivity contribution < 1.29 is 19.2 Å². The van der Waals surface area contributed by atoms with E-state index < -0.39 is 12.0 Å². The SMILES string of the molecule is CCC(=O)N[C@H](Cc1ccc(NC(=O)[C@@H](C(=O)Nc2ccnn2C)C2CCCCC2)cc1)C(=O)N1CCN(Cc2ccccc2)CC1. The van der Waals surface area contributed by atoms with E-state index >= 15 is 0 Å². The molecule has 0 radical (unpaired) electrons. The highest BCUT2D eigenvalue weighted by atomic mass is 16.2. The number of rotatable bonds is 12. The van der Waals surface area contributed by atoms with E-state index in [2.05, 4.69) is 38.1 Å². The molecule has 1 saturated carbocycles. The molecule has 0 spiro atoms. The molecule has 47 heavy (non-hydrogen) atoms. The second-order valence-electron chi connectivity index (χ2n) is 12.7. The van der Waals surface area contributed by atoms with Crippen LogP contribution in [0.5, 0.6) is 0 Å². The molecule has 5 rings (SSSR count). The van der Waals surface area contributed by atoms with Crippen molar-refractivity contribution in [1.82, 2.24) is 24.9 Å². The van der Waals surface area contributed by atoms with Crippen molar-refractivity contribution >= 4 is 35.1 Å². The number of carbonyl (C=O) groups excluding carboxylic acids is 4. The van der Waals surface area contributed by atoms with Crippen LogP contribution in [0, 0.1) is 11.8 Å². The van der Waals surface area contributed by atoms with Crippen LogP contribution in [0.2, 0.25) is 0 Å². The van der Waals surface area contributed by atoms with Crippen LogP contribution in [-0.4, -0.2) is 75.4 Å². The summed E-state index contributed by atoms with van der Waals surface area (Å²) in [4.78, 5) is 57.2. The predicted octanol–water partition coefficient (Wildman–Crippen LogP) is 3.98. The van der Waals surface area contributed by atoms with E-state index in [-0.39, 0.29) is 36.0 Å². The molecule has 1 aliphatic heterocycles. The van der Waals surface area contributed by atoms with Gasteiger partial charge in [0, 0.05) is 64.4 Å². The van der Waals surface area contributed by atoms with Crippen molar-refractivity contribution in [1.29, 1.82) is 0 Å². The molecule has 1 saturated heterocycles. The summed E-state index contributed by atoms with van der Waals surface area (Å²) < 4.78 is 1.57. The second kappa shape index (κ2) is 16.4. The molecular formula is C36H47N7O4. The Morgan fingerprint density at radius 2 is 1.51 bits per heavy atom. The Balaban J connectivity index is 1.20. The van der Waals surface area contributed by atoms with Gasteiger partial charge in [-0.05, 0) is 42.0 Å². The zero-order chi connectivity index (χ0) is 33.2. The van der Waals surface area contributed by atoms with Gasteiger partial charge >= 0.3 is 0 Å². The molecule has 3 N–H and O–H groups in total. The van der Waals surface area contributed by atoms with Crippen LogP contribution >= 0.6 is 0 Å². The molecule has 1 aliphatic carbocycles. The number of hydrogen-bond acceptors (Lipinski definition) is 6. The van der Waals surface area contributed by atoms with E-state index in [1.54, 1.807) is 43.0 Å². The number of aromatic nitrogens is 2. The van der Waals surface area contributed by atoms with Gasteiger partial charge in [-0.25, -0.2) is 0 Å². The average molecular weight is 642 g/mol. The maximum atomic E-state index is 13.6. The highest BCUT2D eigenvalue weighted by Crippen LogP contribution is 2.32. The smallest absolute Gasteiger partial charge is 0.245 e. The van der Waals surface area contributed by atoms with E-state index in [4.69, 9.17) is 0 Å². The standard InChI is InChI=1S/C36H47N7O4/c1-3-32(44)39-30(36(47)43-22-20-42(21-23-43)25-27-10-6-4-7-11-27)24-26-14-16-29(17-15-26)38-34(45)33(28-12-8-5-9-13-28)35(46)40-31-18-19-37-41(31)2/h4,6-7,10-11,14-19,28,30,33H,3,5,8-9,12-13,20-25H2,1-2H3,(H,38,45)(H,39,44)(H,40,46)/t30-,33+/m1/s1. The lowest BCUT2D eigenvalue weighted by atomic mass is 9.79. The Bertz CT molecular complexity index is 1490. The monoisotopic (exact) mass is 641 g/mol. The molecule has 2 fully saturated rings. The zero-order valence-electron chi connectivity index (χ0n) is 27.5. The lowest BCUT2D eigenvalue weighted by molar-refractivity contribution is -0.138. The molecule has 2 atom stereocenters. The molecule has 2 aliphatic rings. The molecule has 0 unspecified atom stereocenters. The molecule has 2 aromatic carbocycles. The average Bonchev–Trinajstić information content (AvgIpc) is 3.49. The number of aryl methyl sites for hydroxylation is 1. The minimum Gasteiger partial charge on any atom is -0.344 e. The fourth-order valence-electron chi connectivity index (χ4n) is 6.58. The third-order valence-electron chi connectivity index (χ3n) is 9.31. The summed E-state index contributed by atoms with van der Waals surface area (Å²) in [5.41, 5.74) is 2.68. The van der Waals surface area contributed by atoms with E-state index in [0.29, 0.717) is 31.0 Å². The summed E-state index contributed by atoms with van der Waals surface area (Å²) in [6.45, 7) is 5.36. The summed E-state index contributed by atoms with van der Waals surface area (Å²) in [5.74, 6) is -1.25. The Morgan fingerprint density at radius 1 is 0.830 bits per heavy atom. The van der Waals surface area contributed by atoms with Crippen molar-refractivity contribution in [2.75, 3.05) is 36.8 Å². The fraction of sp³-hybridized carbons (Fsp3) is 0.472. The van der Waals surface area contributed by atoms with E-state index in [9.17, 15) is 19.2 Å². The minimum atomic E-state index is -0.829. The van der Waals surface area contributed by atoms with Gasteiger partial charge in [0.25, 0.3) is 0 Å². The quantitative estimate of drug-likeness (QED) is 0.257. The third-order valence-corrected chi connectivity index (χ3v) is 9.31. The fourth-order valence-corrected chi connectivity index (χ4v) is 6.58. The summed E-state index contributed by atoms with van der Waals surface area (Å²) in [6, 6.07) is 18.6. The number of hydrogen-bond donors (Lipinski definition) is 3. The third kappa shape index (κ3) is 9.28. The van der Waals surface area contributed by atoms with Gasteiger partial charge in [-0.15, -0.1) is 0 Å². The second-order valence-corrected chi connectivity index (χ2v) is 12.7. The number of carbonyl (C=O) groups is 4. The first kappa shape index (κ1) is 33.8. The molecule has 11 heteroatoms. The molecule has 11 nitrogen and oxygen atoms in total. The first-order valence-corrected chi connectivity index (χ1v) is 16.8. The van der Waals surface area contributed by atoms with Gasteiger partial charge in [0.2, 0.25) is 23.6 Å². The number of anilines is 2. The highest BCUT2D eigenvalue weighted by Gasteiger charge is 2.36. The van der Waals surface area contributed by atoms with Crippen LogP contribution < -0.4 is 16.0 Å².